The van der Waals surface area contributed by atoms with Crippen molar-refractivity contribution in [3.8, 4) is 0 Å². The fourth-order valence-electron chi connectivity index (χ4n) is 4.03. The van der Waals surface area contributed by atoms with Gasteiger partial charge in [-0.05, 0) is 30.5 Å². The fourth-order valence-corrected chi connectivity index (χ4v) is 4.03. The first-order valence-electron chi connectivity index (χ1n) is 11.9. The van der Waals surface area contributed by atoms with Gasteiger partial charge in [-0.15, -0.1) is 0 Å². The van der Waals surface area contributed by atoms with Crippen LogP contribution in [0.15, 0.2) is 60.7 Å². The number of hydrogen-bond donors (Lipinski definition) is 6. The molecule has 1 fully saturated rings. The molecule has 4 atom stereocenters. The van der Waals surface area contributed by atoms with E-state index in [1.807, 2.05) is 30.3 Å². The molecule has 0 saturated carbocycles. The maximum absolute atomic E-state index is 13.1. The minimum atomic E-state index is -1.39. The zero-order valence-electron chi connectivity index (χ0n) is 19.9. The van der Waals surface area contributed by atoms with Gasteiger partial charge < -0.3 is 31.5 Å². The van der Waals surface area contributed by atoms with E-state index in [1.165, 1.54) is 0 Å². The van der Waals surface area contributed by atoms with E-state index in [1.54, 1.807) is 30.3 Å². The van der Waals surface area contributed by atoms with Crippen molar-refractivity contribution >= 4 is 23.7 Å². The molecule has 1 saturated heterocycles. The Morgan fingerprint density at radius 1 is 0.806 bits per heavy atom. The van der Waals surface area contributed by atoms with Gasteiger partial charge in [-0.2, -0.15) is 0 Å². The summed E-state index contributed by atoms with van der Waals surface area (Å²) in [6, 6.07) is 13.8. The number of rotatable bonds is 12. The van der Waals surface area contributed by atoms with Gasteiger partial charge in [-0.3, -0.25) is 14.4 Å². The van der Waals surface area contributed by atoms with Crippen LogP contribution < -0.4 is 21.3 Å². The highest BCUT2D eigenvalue weighted by atomic mass is 16.4. The van der Waals surface area contributed by atoms with Crippen LogP contribution in [0.25, 0.3) is 0 Å². The second-order valence-corrected chi connectivity index (χ2v) is 8.73. The zero-order chi connectivity index (χ0) is 25.9. The van der Waals surface area contributed by atoms with Crippen LogP contribution in [-0.4, -0.2) is 71.2 Å². The molecule has 0 aliphatic carbocycles. The van der Waals surface area contributed by atoms with Gasteiger partial charge in [0.2, 0.25) is 17.7 Å². The van der Waals surface area contributed by atoms with E-state index >= 15 is 0 Å². The Labute approximate surface area is 209 Å². The quantitative estimate of drug-likeness (QED) is 0.237. The molecule has 1 heterocycles. The number of benzene rings is 2. The van der Waals surface area contributed by atoms with Gasteiger partial charge in [0.1, 0.15) is 18.1 Å². The van der Waals surface area contributed by atoms with Crippen LogP contribution in [0.5, 0.6) is 0 Å². The number of hydrogen-bond acceptors (Lipinski definition) is 6. The second-order valence-electron chi connectivity index (χ2n) is 8.73. The topological polar surface area (TPSA) is 157 Å². The Morgan fingerprint density at radius 3 is 1.83 bits per heavy atom. The van der Waals surface area contributed by atoms with Crippen LogP contribution >= 0.6 is 0 Å². The summed E-state index contributed by atoms with van der Waals surface area (Å²) in [6.07, 6.45) is 1.73. The van der Waals surface area contributed by atoms with Crippen LogP contribution in [0, 0.1) is 0 Å². The molecule has 1 aliphatic rings. The van der Waals surface area contributed by atoms with Gasteiger partial charge in [0.25, 0.3) is 0 Å². The summed E-state index contributed by atoms with van der Waals surface area (Å²) in [5, 5.41) is 30.0. The first-order valence-corrected chi connectivity index (χ1v) is 11.9. The maximum atomic E-state index is 13.1. The monoisotopic (exact) mass is 496 g/mol. The number of nitrogens with one attached hydrogen (secondary N) is 4. The van der Waals surface area contributed by atoms with Gasteiger partial charge in [0.05, 0.1) is 12.6 Å². The van der Waals surface area contributed by atoms with Gasteiger partial charge in [0, 0.05) is 12.8 Å². The van der Waals surface area contributed by atoms with E-state index in [9.17, 15) is 29.4 Å². The lowest BCUT2D eigenvalue weighted by molar-refractivity contribution is -0.142. The molecule has 6 N–H and O–H groups in total. The highest BCUT2D eigenvalue weighted by molar-refractivity contribution is 5.94. The number of carboxylic acids is 1. The molecule has 2 aromatic carbocycles. The van der Waals surface area contributed by atoms with Crippen molar-refractivity contribution in [3.05, 3.63) is 71.8 Å². The maximum Gasteiger partial charge on any atom is 0.326 e. The van der Waals surface area contributed by atoms with E-state index in [-0.39, 0.29) is 18.7 Å². The smallest absolute Gasteiger partial charge is 0.326 e. The lowest BCUT2D eigenvalue weighted by atomic mass is 10.0. The lowest BCUT2D eigenvalue weighted by Gasteiger charge is -2.24. The van der Waals surface area contributed by atoms with Gasteiger partial charge in [-0.25, -0.2) is 4.79 Å². The molecule has 2 aromatic rings. The second kappa shape index (κ2) is 13.4. The van der Waals surface area contributed by atoms with Crippen molar-refractivity contribution in [1.29, 1.82) is 0 Å². The normalized spacial score (nSPS) is 17.4. The Balaban J connectivity index is 1.67. The molecule has 10 heteroatoms. The molecular weight excluding hydrogens is 464 g/mol. The van der Waals surface area contributed by atoms with Gasteiger partial charge in [0.15, 0.2) is 0 Å². The van der Waals surface area contributed by atoms with Crippen molar-refractivity contribution in [2.45, 2.75) is 49.9 Å². The van der Waals surface area contributed by atoms with E-state index in [2.05, 4.69) is 21.3 Å². The van der Waals surface area contributed by atoms with Crippen LogP contribution in [-0.2, 0) is 32.0 Å². The summed E-state index contributed by atoms with van der Waals surface area (Å²) >= 11 is 0. The van der Waals surface area contributed by atoms with E-state index in [0.29, 0.717) is 18.5 Å². The molecule has 3 amide bonds. The average Bonchev–Trinajstić information content (AvgIpc) is 3.43. The highest BCUT2D eigenvalue weighted by Gasteiger charge is 2.31. The number of aliphatic hydroxyl groups excluding tert-OH is 1. The molecular formula is C26H32N4O6. The SMILES string of the molecule is O=C(O)C(Cc1ccccc1)NC(=O)C(CO)NC(=O)C(Cc1ccccc1)NC(=O)C1CCCN1. The Morgan fingerprint density at radius 2 is 1.33 bits per heavy atom. The number of carbonyl (C=O) groups is 4. The third kappa shape index (κ3) is 7.89. The summed E-state index contributed by atoms with van der Waals surface area (Å²) in [6.45, 7) is -0.0282. The van der Waals surface area contributed by atoms with E-state index < -0.39 is 48.6 Å². The number of carbonyl (C=O) groups excluding carboxylic acids is 3. The highest BCUT2D eigenvalue weighted by Crippen LogP contribution is 2.09. The number of carboxylic acid groups (broad SMARTS) is 1. The first kappa shape index (κ1) is 26.8. The molecule has 10 nitrogen and oxygen atoms in total. The summed E-state index contributed by atoms with van der Waals surface area (Å²) in [5.41, 5.74) is 1.51. The summed E-state index contributed by atoms with van der Waals surface area (Å²) in [4.78, 5) is 50.3. The largest absolute Gasteiger partial charge is 0.480 e. The molecule has 0 aromatic heterocycles. The molecule has 36 heavy (non-hydrogen) atoms. The number of aliphatic hydroxyl groups is 1. The Hall–Kier alpha value is -3.76. The summed E-state index contributed by atoms with van der Waals surface area (Å²) < 4.78 is 0. The molecule has 1 aliphatic heterocycles. The zero-order valence-corrected chi connectivity index (χ0v) is 19.9. The number of amides is 3. The third-order valence-electron chi connectivity index (χ3n) is 6.01. The van der Waals surface area contributed by atoms with Crippen LogP contribution in [0.2, 0.25) is 0 Å². The molecule has 0 spiro atoms. The Kier molecular flexibility index (Phi) is 9.96. The molecule has 192 valence electrons. The van der Waals surface area contributed by atoms with Gasteiger partial charge in [-0.1, -0.05) is 60.7 Å². The van der Waals surface area contributed by atoms with Crippen LogP contribution in [0.1, 0.15) is 24.0 Å². The Bertz CT molecular complexity index is 1030. The minimum Gasteiger partial charge on any atom is -0.480 e. The third-order valence-corrected chi connectivity index (χ3v) is 6.01. The van der Waals surface area contributed by atoms with Crippen molar-refractivity contribution in [2.75, 3.05) is 13.2 Å². The summed E-state index contributed by atoms with van der Waals surface area (Å²) in [5.74, 6) is -3.05. The van der Waals surface area contributed by atoms with E-state index in [0.717, 1.165) is 12.0 Å². The minimum absolute atomic E-state index is 0.0368. The van der Waals surface area contributed by atoms with Crippen LogP contribution in [0.3, 0.4) is 0 Å². The molecule has 4 unspecified atom stereocenters. The van der Waals surface area contributed by atoms with Crippen molar-refractivity contribution in [3.63, 3.8) is 0 Å². The molecule has 3 rings (SSSR count). The van der Waals surface area contributed by atoms with Crippen LogP contribution in [0.4, 0.5) is 0 Å². The molecule has 0 bridgehead atoms. The standard InChI is InChI=1S/C26H32N4O6/c31-16-22(25(34)29-21(26(35)36)15-18-10-5-2-6-11-18)30-24(33)20(14-17-8-3-1-4-9-17)28-23(32)19-12-7-13-27-19/h1-6,8-11,19-22,27,31H,7,12-16H2,(H,28,32)(H,29,34)(H,30,33)(H,35,36). The lowest BCUT2D eigenvalue weighted by Crippen LogP contribution is -2.58. The predicted octanol–water partition coefficient (Wildman–Crippen LogP) is -0.245. The van der Waals surface area contributed by atoms with Crippen molar-refractivity contribution in [2.24, 2.45) is 0 Å². The fraction of sp³-hybridized carbons (Fsp3) is 0.385. The number of aliphatic carboxylic acids is 1. The molecule has 0 radical (unpaired) electrons. The van der Waals surface area contributed by atoms with Gasteiger partial charge >= 0.3 is 5.97 Å². The summed E-state index contributed by atoms with van der Waals surface area (Å²) in [7, 11) is 0. The first-order chi connectivity index (χ1) is 17.4. The predicted molar refractivity (Wildman–Crippen MR) is 132 cm³/mol. The van der Waals surface area contributed by atoms with E-state index in [4.69, 9.17) is 0 Å². The van der Waals surface area contributed by atoms with Crippen molar-refractivity contribution in [1.82, 2.24) is 21.3 Å². The average molecular weight is 497 g/mol. The van der Waals surface area contributed by atoms with Crippen molar-refractivity contribution < 1.29 is 29.4 Å².